The van der Waals surface area contributed by atoms with Gasteiger partial charge in [0.25, 0.3) is 0 Å². The highest BCUT2D eigenvalue weighted by Crippen LogP contribution is 2.57. The third-order valence-electron chi connectivity index (χ3n) is 7.74. The van der Waals surface area contributed by atoms with Crippen LogP contribution in [0.25, 0.3) is 0 Å². The number of carbonyl (C=O) groups excluding carboxylic acids is 3. The van der Waals surface area contributed by atoms with Gasteiger partial charge in [0.15, 0.2) is 0 Å². The number of carbonyl (C=O) groups is 3. The van der Waals surface area contributed by atoms with Crippen molar-refractivity contribution < 1.29 is 23.2 Å². The molecule has 3 aromatic rings. The largest absolute Gasteiger partial charge is 0.366 e. The van der Waals surface area contributed by atoms with E-state index in [0.717, 1.165) is 0 Å². The number of hydrogen-bond acceptors (Lipinski definition) is 4. The SMILES string of the molecule is CC(C)(C)C[C@@H]1N[C@H](C(=O)Nc2ccc(C(N)=O)cc2)[C@H](c2cccc(Cl)c2F)[C@]12C(=O)Nc1cc(Cl)c(F)cc12. The van der Waals surface area contributed by atoms with Crippen molar-refractivity contribution in [3.05, 3.63) is 93.0 Å². The lowest BCUT2D eigenvalue weighted by Gasteiger charge is -2.37. The first-order valence-corrected chi connectivity index (χ1v) is 13.7. The summed E-state index contributed by atoms with van der Waals surface area (Å²) in [5.41, 5.74) is 4.57. The zero-order chi connectivity index (χ0) is 29.9. The molecule has 1 spiro atoms. The van der Waals surface area contributed by atoms with Crippen LogP contribution < -0.4 is 21.7 Å². The van der Waals surface area contributed by atoms with Crippen molar-refractivity contribution in [1.82, 2.24) is 5.32 Å². The summed E-state index contributed by atoms with van der Waals surface area (Å²) < 4.78 is 30.8. The molecule has 3 amide bonds. The van der Waals surface area contributed by atoms with E-state index in [9.17, 15) is 14.4 Å². The minimum atomic E-state index is -1.60. The third-order valence-corrected chi connectivity index (χ3v) is 8.32. The van der Waals surface area contributed by atoms with Gasteiger partial charge in [-0.05, 0) is 65.4 Å². The van der Waals surface area contributed by atoms with Crippen LogP contribution in [0.4, 0.5) is 20.2 Å². The summed E-state index contributed by atoms with van der Waals surface area (Å²) >= 11 is 12.3. The van der Waals surface area contributed by atoms with Gasteiger partial charge in [0, 0.05) is 28.9 Å². The van der Waals surface area contributed by atoms with Crippen molar-refractivity contribution in [2.45, 2.75) is 50.6 Å². The predicted octanol–water partition coefficient (Wildman–Crippen LogP) is 5.76. The molecule has 0 bridgehead atoms. The Bertz CT molecular complexity index is 1580. The van der Waals surface area contributed by atoms with Crippen LogP contribution in [0.15, 0.2) is 54.6 Å². The first-order chi connectivity index (χ1) is 19.2. The van der Waals surface area contributed by atoms with E-state index >= 15 is 8.78 Å². The Hall–Kier alpha value is -3.53. The van der Waals surface area contributed by atoms with Crippen LogP contribution in [0, 0.1) is 17.0 Å². The molecule has 4 atom stereocenters. The van der Waals surface area contributed by atoms with Crippen LogP contribution in [0.5, 0.6) is 0 Å². The summed E-state index contributed by atoms with van der Waals surface area (Å²) in [6.07, 6.45) is 0.375. The molecule has 0 aromatic heterocycles. The number of amides is 3. The van der Waals surface area contributed by atoms with Crippen molar-refractivity contribution in [1.29, 1.82) is 0 Å². The van der Waals surface area contributed by atoms with Gasteiger partial charge in [0.1, 0.15) is 17.0 Å². The minimum Gasteiger partial charge on any atom is -0.366 e. The Labute approximate surface area is 245 Å². The maximum Gasteiger partial charge on any atom is 0.248 e. The van der Waals surface area contributed by atoms with Crippen molar-refractivity contribution in [3.63, 3.8) is 0 Å². The van der Waals surface area contributed by atoms with Crippen LogP contribution >= 0.6 is 23.2 Å². The fraction of sp³-hybridized carbons (Fsp3) is 0.300. The lowest BCUT2D eigenvalue weighted by atomic mass is 9.62. The molecule has 41 heavy (non-hydrogen) atoms. The number of fused-ring (bicyclic) bond motifs is 2. The number of primary amides is 1. The van der Waals surface area contributed by atoms with Gasteiger partial charge in [-0.1, -0.05) is 56.1 Å². The van der Waals surface area contributed by atoms with Crippen molar-refractivity contribution >= 4 is 52.3 Å². The fourth-order valence-corrected chi connectivity index (χ4v) is 6.45. The van der Waals surface area contributed by atoms with Crippen molar-refractivity contribution in [2.75, 3.05) is 10.6 Å². The lowest BCUT2D eigenvalue weighted by molar-refractivity contribution is -0.122. The smallest absolute Gasteiger partial charge is 0.248 e. The van der Waals surface area contributed by atoms with Gasteiger partial charge in [-0.3, -0.25) is 14.4 Å². The Kier molecular flexibility index (Phi) is 7.34. The number of hydrogen-bond donors (Lipinski definition) is 4. The lowest BCUT2D eigenvalue weighted by Crippen LogP contribution is -2.49. The maximum absolute atomic E-state index is 15.8. The number of halogens is 4. The molecule has 1 saturated heterocycles. The molecular weight excluding hydrogens is 573 g/mol. The number of anilines is 2. The molecule has 0 unspecified atom stereocenters. The first-order valence-electron chi connectivity index (χ1n) is 13.0. The maximum atomic E-state index is 15.8. The van der Waals surface area contributed by atoms with Crippen LogP contribution in [-0.4, -0.2) is 29.8 Å². The molecule has 7 nitrogen and oxygen atoms in total. The van der Waals surface area contributed by atoms with Crippen LogP contribution in [-0.2, 0) is 15.0 Å². The van der Waals surface area contributed by atoms with E-state index in [2.05, 4.69) is 16.0 Å². The van der Waals surface area contributed by atoms with Crippen molar-refractivity contribution in [3.8, 4) is 0 Å². The summed E-state index contributed by atoms with van der Waals surface area (Å²) in [6.45, 7) is 5.92. The van der Waals surface area contributed by atoms with Gasteiger partial charge in [-0.15, -0.1) is 0 Å². The third kappa shape index (κ3) is 4.96. The van der Waals surface area contributed by atoms with E-state index in [1.807, 2.05) is 20.8 Å². The molecule has 5 rings (SSSR count). The quantitative estimate of drug-likeness (QED) is 0.298. The van der Waals surface area contributed by atoms with Gasteiger partial charge < -0.3 is 21.7 Å². The monoisotopic (exact) mass is 600 g/mol. The summed E-state index contributed by atoms with van der Waals surface area (Å²) in [6, 6.07) is 11.0. The first kappa shape index (κ1) is 29.0. The molecular formula is C30H28Cl2F2N4O3. The van der Waals surface area contributed by atoms with E-state index in [4.69, 9.17) is 28.9 Å². The number of rotatable bonds is 5. The van der Waals surface area contributed by atoms with E-state index in [1.165, 1.54) is 48.5 Å². The van der Waals surface area contributed by atoms with E-state index in [0.29, 0.717) is 12.1 Å². The van der Waals surface area contributed by atoms with E-state index in [-0.39, 0.29) is 37.8 Å². The second-order valence-electron chi connectivity index (χ2n) is 11.6. The molecule has 11 heteroatoms. The number of nitrogens with two attached hydrogens (primary N) is 1. The Morgan fingerprint density at radius 1 is 1.05 bits per heavy atom. The second-order valence-corrected chi connectivity index (χ2v) is 12.5. The average Bonchev–Trinajstić information content (AvgIpc) is 3.35. The normalized spacial score (nSPS) is 23.4. The van der Waals surface area contributed by atoms with Crippen LogP contribution in [0.2, 0.25) is 10.0 Å². The summed E-state index contributed by atoms with van der Waals surface area (Å²) in [5, 5.41) is 8.56. The molecule has 3 aromatic carbocycles. The van der Waals surface area contributed by atoms with E-state index < -0.39 is 52.8 Å². The second kappa shape index (κ2) is 10.4. The predicted molar refractivity (Wildman–Crippen MR) is 154 cm³/mol. The molecule has 2 aliphatic heterocycles. The standard InChI is InChI=1S/C30H28Cl2F2N4O3/c1-29(2,3)13-22-30(17-11-20(33)19(32)12-21(17)37-28(30)41)23(16-5-4-6-18(31)24(16)34)25(38-22)27(40)36-15-9-7-14(8-10-15)26(35)39/h4-12,22-23,25,38H,13H2,1-3H3,(H2,35,39)(H,36,40)(H,37,41)/t22-,23-,25-,30+/m0/s1. The summed E-state index contributed by atoms with van der Waals surface area (Å²) in [4.78, 5) is 39.6. The summed E-state index contributed by atoms with van der Waals surface area (Å²) in [5.74, 6) is -4.36. The van der Waals surface area contributed by atoms with E-state index in [1.54, 1.807) is 6.07 Å². The topological polar surface area (TPSA) is 113 Å². The Morgan fingerprint density at radius 2 is 1.73 bits per heavy atom. The molecule has 214 valence electrons. The molecule has 1 fully saturated rings. The molecule has 0 aliphatic carbocycles. The molecule has 0 saturated carbocycles. The molecule has 5 N–H and O–H groups in total. The highest BCUT2D eigenvalue weighted by atomic mass is 35.5. The minimum absolute atomic E-state index is 0.0315. The van der Waals surface area contributed by atoms with Gasteiger partial charge >= 0.3 is 0 Å². The van der Waals surface area contributed by atoms with Crippen molar-refractivity contribution in [2.24, 2.45) is 11.1 Å². The summed E-state index contributed by atoms with van der Waals surface area (Å²) in [7, 11) is 0. The van der Waals surface area contributed by atoms with Crippen LogP contribution in [0.1, 0.15) is 54.6 Å². The average molecular weight is 601 g/mol. The van der Waals surface area contributed by atoms with Gasteiger partial charge in [-0.25, -0.2) is 8.78 Å². The van der Waals surface area contributed by atoms with Crippen LogP contribution in [0.3, 0.4) is 0 Å². The van der Waals surface area contributed by atoms with Gasteiger partial charge in [-0.2, -0.15) is 0 Å². The highest BCUT2D eigenvalue weighted by Gasteiger charge is 2.66. The number of nitrogens with one attached hydrogen (secondary N) is 3. The molecule has 2 aliphatic rings. The molecule has 0 radical (unpaired) electrons. The van der Waals surface area contributed by atoms with Gasteiger partial charge in [0.05, 0.1) is 16.1 Å². The zero-order valence-electron chi connectivity index (χ0n) is 22.4. The zero-order valence-corrected chi connectivity index (χ0v) is 24.0. The molecule has 2 heterocycles. The Balaban J connectivity index is 1.71. The number of benzene rings is 3. The van der Waals surface area contributed by atoms with Gasteiger partial charge in [0.2, 0.25) is 17.7 Å². The Morgan fingerprint density at radius 3 is 2.37 bits per heavy atom. The highest BCUT2D eigenvalue weighted by molar-refractivity contribution is 6.31. The fourth-order valence-electron chi connectivity index (χ4n) is 6.10.